The molecular weight excluding hydrogens is 134 g/mol. The lowest BCUT2D eigenvalue weighted by Gasteiger charge is -2.11. The maximum absolute atomic E-state index is 10.5. The number of ether oxygens (including phenoxy) is 1. The molecule has 0 aromatic carbocycles. The van der Waals surface area contributed by atoms with E-state index in [1.807, 2.05) is 0 Å². The van der Waals surface area contributed by atoms with Gasteiger partial charge in [-0.1, -0.05) is 0 Å². The van der Waals surface area contributed by atoms with Gasteiger partial charge in [0.05, 0.1) is 25.4 Å². The summed E-state index contributed by atoms with van der Waals surface area (Å²) in [4.78, 5) is 10.5. The summed E-state index contributed by atoms with van der Waals surface area (Å²) in [7, 11) is 0. The molecule has 1 saturated heterocycles. The Bertz CT molecular complexity index is 142. The SMILES string of the molecule is CC(=O)N[C@H]1COC[C@H]1O.[HH]. The Morgan fingerprint density at radius 2 is 2.50 bits per heavy atom. The van der Waals surface area contributed by atoms with Gasteiger partial charge in [0.15, 0.2) is 0 Å². The predicted molar refractivity (Wildman–Crippen MR) is 36.5 cm³/mol. The number of aliphatic hydroxyl groups is 1. The van der Waals surface area contributed by atoms with Gasteiger partial charge in [-0.25, -0.2) is 0 Å². The Kier molecular flexibility index (Phi) is 2.24. The molecule has 10 heavy (non-hydrogen) atoms. The molecule has 0 saturated carbocycles. The topological polar surface area (TPSA) is 58.6 Å². The van der Waals surface area contributed by atoms with E-state index in [2.05, 4.69) is 5.32 Å². The number of carbonyl (C=O) groups is 1. The van der Waals surface area contributed by atoms with Crippen LogP contribution in [0.5, 0.6) is 0 Å². The van der Waals surface area contributed by atoms with Crippen molar-refractivity contribution < 1.29 is 16.1 Å². The fraction of sp³-hybridized carbons (Fsp3) is 0.833. The Balaban J connectivity index is 0.000001000. The molecule has 0 spiro atoms. The van der Waals surface area contributed by atoms with E-state index in [9.17, 15) is 4.79 Å². The Labute approximate surface area is 60.7 Å². The minimum atomic E-state index is -0.538. The first-order chi connectivity index (χ1) is 4.70. The van der Waals surface area contributed by atoms with Crippen molar-refractivity contribution in [1.29, 1.82) is 0 Å². The number of carbonyl (C=O) groups excluding carboxylic acids is 1. The van der Waals surface area contributed by atoms with Crippen LogP contribution in [0, 0.1) is 0 Å². The summed E-state index contributed by atoms with van der Waals surface area (Å²) in [5.74, 6) is -0.130. The normalized spacial score (nSPS) is 32.2. The van der Waals surface area contributed by atoms with Crippen LogP contribution in [0.1, 0.15) is 8.35 Å². The van der Waals surface area contributed by atoms with E-state index >= 15 is 0 Å². The fourth-order valence-electron chi connectivity index (χ4n) is 0.942. The molecule has 4 nitrogen and oxygen atoms in total. The molecule has 4 heteroatoms. The molecule has 0 aromatic heterocycles. The average Bonchev–Trinajstić information content (AvgIpc) is 2.15. The Morgan fingerprint density at radius 1 is 1.80 bits per heavy atom. The second-order valence-electron chi connectivity index (χ2n) is 2.41. The summed E-state index contributed by atoms with van der Waals surface area (Å²) in [6, 6.07) is -0.211. The van der Waals surface area contributed by atoms with Gasteiger partial charge in [0.2, 0.25) is 5.91 Å². The van der Waals surface area contributed by atoms with Crippen molar-refractivity contribution in [3.05, 3.63) is 0 Å². The lowest BCUT2D eigenvalue weighted by Crippen LogP contribution is -2.41. The molecule has 1 amide bonds. The van der Waals surface area contributed by atoms with Gasteiger partial charge >= 0.3 is 0 Å². The van der Waals surface area contributed by atoms with Crippen LogP contribution in [-0.4, -0.2) is 36.4 Å². The van der Waals surface area contributed by atoms with E-state index in [1.165, 1.54) is 6.92 Å². The second-order valence-corrected chi connectivity index (χ2v) is 2.41. The van der Waals surface area contributed by atoms with Crippen molar-refractivity contribution in [1.82, 2.24) is 5.32 Å². The molecule has 0 aromatic rings. The van der Waals surface area contributed by atoms with Crippen LogP contribution in [0.3, 0.4) is 0 Å². The number of rotatable bonds is 1. The van der Waals surface area contributed by atoms with E-state index in [1.54, 1.807) is 0 Å². The van der Waals surface area contributed by atoms with Crippen LogP contribution >= 0.6 is 0 Å². The highest BCUT2D eigenvalue weighted by molar-refractivity contribution is 5.73. The number of amides is 1. The minimum Gasteiger partial charge on any atom is -0.388 e. The smallest absolute Gasteiger partial charge is 0.217 e. The predicted octanol–water partition coefficient (Wildman–Crippen LogP) is -0.872. The van der Waals surface area contributed by atoms with Crippen LogP contribution in [0.4, 0.5) is 0 Å². The summed E-state index contributed by atoms with van der Waals surface area (Å²) in [5.41, 5.74) is 0. The summed E-state index contributed by atoms with van der Waals surface area (Å²) in [5, 5.41) is 11.7. The second kappa shape index (κ2) is 2.98. The molecule has 1 heterocycles. The summed E-state index contributed by atoms with van der Waals surface area (Å²) < 4.78 is 4.91. The molecule has 0 bridgehead atoms. The van der Waals surface area contributed by atoms with Crippen LogP contribution < -0.4 is 5.32 Å². The van der Waals surface area contributed by atoms with E-state index in [0.29, 0.717) is 13.2 Å². The van der Waals surface area contributed by atoms with Crippen molar-refractivity contribution in [2.75, 3.05) is 13.2 Å². The van der Waals surface area contributed by atoms with Gasteiger partial charge in [0.1, 0.15) is 0 Å². The van der Waals surface area contributed by atoms with Gasteiger partial charge in [-0.05, 0) is 0 Å². The Morgan fingerprint density at radius 3 is 2.90 bits per heavy atom. The van der Waals surface area contributed by atoms with E-state index in [-0.39, 0.29) is 13.4 Å². The highest BCUT2D eigenvalue weighted by Gasteiger charge is 2.26. The maximum Gasteiger partial charge on any atom is 0.217 e. The third-order valence-corrected chi connectivity index (χ3v) is 1.44. The van der Waals surface area contributed by atoms with E-state index in [4.69, 9.17) is 9.84 Å². The molecule has 0 unspecified atom stereocenters. The zero-order valence-corrected chi connectivity index (χ0v) is 5.83. The van der Waals surface area contributed by atoms with Crippen molar-refractivity contribution in [3.8, 4) is 0 Å². The largest absolute Gasteiger partial charge is 0.388 e. The van der Waals surface area contributed by atoms with Crippen LogP contribution in [-0.2, 0) is 9.53 Å². The highest BCUT2D eigenvalue weighted by atomic mass is 16.5. The molecular formula is C6H13NO3. The molecule has 1 aliphatic heterocycles. The average molecular weight is 147 g/mol. The van der Waals surface area contributed by atoms with Gasteiger partial charge in [-0.2, -0.15) is 0 Å². The van der Waals surface area contributed by atoms with Crippen molar-refractivity contribution in [2.45, 2.75) is 19.1 Å². The maximum atomic E-state index is 10.5. The standard InChI is InChI=1S/C6H11NO3.H2/c1-4(8)7-5-2-10-3-6(5)9;/h5-6,9H,2-3H2,1H3,(H,7,8);1H/t5-,6+;/m0./s1. The van der Waals surface area contributed by atoms with Gasteiger partial charge in [-0.3, -0.25) is 4.79 Å². The van der Waals surface area contributed by atoms with Crippen LogP contribution in [0.25, 0.3) is 0 Å². The zero-order chi connectivity index (χ0) is 7.56. The third-order valence-electron chi connectivity index (χ3n) is 1.44. The molecule has 2 N–H and O–H groups in total. The molecule has 2 atom stereocenters. The fourth-order valence-corrected chi connectivity index (χ4v) is 0.942. The van der Waals surface area contributed by atoms with Crippen LogP contribution in [0.2, 0.25) is 0 Å². The molecule has 1 fully saturated rings. The number of hydrogen-bond donors (Lipinski definition) is 2. The number of hydrogen-bond acceptors (Lipinski definition) is 3. The van der Waals surface area contributed by atoms with Gasteiger partial charge in [0.25, 0.3) is 0 Å². The Hall–Kier alpha value is -0.610. The molecule has 1 aliphatic rings. The van der Waals surface area contributed by atoms with E-state index in [0.717, 1.165) is 0 Å². The van der Waals surface area contributed by atoms with E-state index < -0.39 is 6.10 Å². The lowest BCUT2D eigenvalue weighted by atomic mass is 10.2. The molecule has 0 aliphatic carbocycles. The molecule has 1 rings (SSSR count). The van der Waals surface area contributed by atoms with Crippen molar-refractivity contribution in [2.24, 2.45) is 0 Å². The minimum absolute atomic E-state index is 0. The van der Waals surface area contributed by atoms with Crippen molar-refractivity contribution >= 4 is 5.91 Å². The monoisotopic (exact) mass is 147 g/mol. The third kappa shape index (κ3) is 1.68. The molecule has 0 radical (unpaired) electrons. The number of aliphatic hydroxyl groups excluding tert-OH is 1. The summed E-state index contributed by atoms with van der Waals surface area (Å²) in [6.45, 7) is 2.16. The first-order valence-corrected chi connectivity index (χ1v) is 3.23. The highest BCUT2D eigenvalue weighted by Crippen LogP contribution is 2.03. The summed E-state index contributed by atoms with van der Waals surface area (Å²) >= 11 is 0. The number of nitrogens with one attached hydrogen (secondary N) is 1. The quantitative estimate of drug-likeness (QED) is 0.507. The summed E-state index contributed by atoms with van der Waals surface area (Å²) in [6.07, 6.45) is -0.538. The lowest BCUT2D eigenvalue weighted by molar-refractivity contribution is -0.120. The van der Waals surface area contributed by atoms with Gasteiger partial charge in [0, 0.05) is 8.35 Å². The molecule has 60 valence electrons. The van der Waals surface area contributed by atoms with Crippen molar-refractivity contribution in [3.63, 3.8) is 0 Å². The first kappa shape index (κ1) is 7.50. The zero-order valence-electron chi connectivity index (χ0n) is 5.83. The van der Waals surface area contributed by atoms with Gasteiger partial charge in [-0.15, -0.1) is 0 Å². The van der Waals surface area contributed by atoms with Crippen LogP contribution in [0.15, 0.2) is 0 Å². The first-order valence-electron chi connectivity index (χ1n) is 3.23. The van der Waals surface area contributed by atoms with Gasteiger partial charge < -0.3 is 15.2 Å².